The highest BCUT2D eigenvalue weighted by atomic mass is 19.1. The Labute approximate surface area is 120 Å². The minimum atomic E-state index is -0.153. The molecule has 1 aliphatic heterocycles. The molecule has 3 nitrogen and oxygen atoms in total. The summed E-state index contributed by atoms with van der Waals surface area (Å²) in [4.78, 5) is 2.31. The van der Waals surface area contributed by atoms with E-state index < -0.39 is 0 Å². The number of hydrogen-bond acceptors (Lipinski definition) is 3. The second kappa shape index (κ2) is 7.16. The Kier molecular flexibility index (Phi) is 5.52. The number of piperidine rings is 1. The molecular formula is C16H25FN2O. The number of nitrogens with zero attached hydrogens (tertiary/aromatic N) is 1. The van der Waals surface area contributed by atoms with E-state index >= 15 is 0 Å². The van der Waals surface area contributed by atoms with Gasteiger partial charge in [-0.3, -0.25) is 4.90 Å². The Bertz CT molecular complexity index is 436. The van der Waals surface area contributed by atoms with Crippen molar-refractivity contribution in [1.29, 1.82) is 0 Å². The highest BCUT2D eigenvalue weighted by Crippen LogP contribution is 2.28. The molecule has 0 saturated carbocycles. The van der Waals surface area contributed by atoms with Crippen molar-refractivity contribution in [3.63, 3.8) is 0 Å². The molecule has 0 spiro atoms. The molecule has 112 valence electrons. The number of halogens is 1. The van der Waals surface area contributed by atoms with E-state index in [0.29, 0.717) is 12.5 Å². The van der Waals surface area contributed by atoms with Crippen LogP contribution in [0.5, 0.6) is 0 Å². The number of rotatable bonds is 5. The average Bonchev–Trinajstić information content (AvgIpc) is 2.44. The van der Waals surface area contributed by atoms with Gasteiger partial charge in [0, 0.05) is 31.8 Å². The van der Waals surface area contributed by atoms with Crippen LogP contribution in [-0.4, -0.2) is 38.3 Å². The summed E-state index contributed by atoms with van der Waals surface area (Å²) in [7, 11) is 1.74. The first kappa shape index (κ1) is 15.4. The summed E-state index contributed by atoms with van der Waals surface area (Å²) in [6, 6.07) is 5.24. The van der Waals surface area contributed by atoms with Crippen molar-refractivity contribution in [2.24, 2.45) is 11.7 Å². The van der Waals surface area contributed by atoms with Crippen LogP contribution in [0.15, 0.2) is 18.2 Å². The van der Waals surface area contributed by atoms with Crippen LogP contribution in [0, 0.1) is 18.7 Å². The number of methoxy groups -OCH3 is 1. The Balaban J connectivity index is 2.16. The number of benzene rings is 1. The molecule has 0 aromatic heterocycles. The normalized spacial score (nSPS) is 21.9. The van der Waals surface area contributed by atoms with Gasteiger partial charge in [0.15, 0.2) is 0 Å². The number of aryl methyl sites for hydroxylation is 1. The maximum absolute atomic E-state index is 14.1. The third kappa shape index (κ3) is 3.57. The first-order valence-electron chi connectivity index (χ1n) is 7.34. The monoisotopic (exact) mass is 280 g/mol. The molecule has 1 fully saturated rings. The van der Waals surface area contributed by atoms with Gasteiger partial charge in [0.25, 0.3) is 0 Å². The summed E-state index contributed by atoms with van der Waals surface area (Å²) >= 11 is 0. The first-order valence-corrected chi connectivity index (χ1v) is 7.34. The van der Waals surface area contributed by atoms with Gasteiger partial charge in [-0.25, -0.2) is 4.39 Å². The van der Waals surface area contributed by atoms with Gasteiger partial charge in [0.05, 0.1) is 6.61 Å². The highest BCUT2D eigenvalue weighted by molar-refractivity contribution is 5.27. The van der Waals surface area contributed by atoms with Crippen molar-refractivity contribution in [3.05, 3.63) is 35.1 Å². The third-order valence-electron chi connectivity index (χ3n) is 4.13. The first-order chi connectivity index (χ1) is 9.65. The van der Waals surface area contributed by atoms with Crippen molar-refractivity contribution >= 4 is 0 Å². The van der Waals surface area contributed by atoms with Crippen LogP contribution in [0.3, 0.4) is 0 Å². The second-order valence-corrected chi connectivity index (χ2v) is 5.73. The van der Waals surface area contributed by atoms with Crippen LogP contribution < -0.4 is 5.73 Å². The number of ether oxygens (including phenoxy) is 1. The molecule has 0 amide bonds. The zero-order valence-corrected chi connectivity index (χ0v) is 12.4. The van der Waals surface area contributed by atoms with Crippen molar-refractivity contribution in [2.45, 2.75) is 25.8 Å². The van der Waals surface area contributed by atoms with Gasteiger partial charge in [-0.15, -0.1) is 0 Å². The molecular weight excluding hydrogens is 255 g/mol. The third-order valence-corrected chi connectivity index (χ3v) is 4.13. The van der Waals surface area contributed by atoms with Crippen molar-refractivity contribution in [1.82, 2.24) is 4.90 Å². The van der Waals surface area contributed by atoms with Gasteiger partial charge in [-0.1, -0.05) is 17.7 Å². The predicted molar refractivity (Wildman–Crippen MR) is 79.1 cm³/mol. The standard InChI is InChI=1S/C16H25FN2O/c1-12-5-6-15(17)14(8-12)16(9-18)19-7-3-4-13(10-19)11-20-2/h5-6,8,13,16H,3-4,7,9-11,18H2,1-2H3. The molecule has 1 heterocycles. The lowest BCUT2D eigenvalue weighted by atomic mass is 9.94. The minimum Gasteiger partial charge on any atom is -0.384 e. The number of likely N-dealkylation sites (tertiary alicyclic amines) is 1. The van der Waals surface area contributed by atoms with Crippen LogP contribution in [-0.2, 0) is 4.74 Å². The van der Waals surface area contributed by atoms with Crippen LogP contribution >= 0.6 is 0 Å². The van der Waals surface area contributed by atoms with Gasteiger partial charge in [0.1, 0.15) is 5.82 Å². The van der Waals surface area contributed by atoms with E-state index in [2.05, 4.69) is 4.90 Å². The molecule has 1 aromatic carbocycles. The lowest BCUT2D eigenvalue weighted by Gasteiger charge is -2.38. The van der Waals surface area contributed by atoms with Gasteiger partial charge in [-0.2, -0.15) is 0 Å². The Hall–Kier alpha value is -0.970. The molecule has 20 heavy (non-hydrogen) atoms. The van der Waals surface area contributed by atoms with Gasteiger partial charge >= 0.3 is 0 Å². The summed E-state index contributed by atoms with van der Waals surface area (Å²) < 4.78 is 19.4. The van der Waals surface area contributed by atoms with E-state index in [1.165, 1.54) is 6.42 Å². The second-order valence-electron chi connectivity index (χ2n) is 5.73. The van der Waals surface area contributed by atoms with E-state index in [-0.39, 0.29) is 11.9 Å². The average molecular weight is 280 g/mol. The number of nitrogens with two attached hydrogens (primary N) is 1. The van der Waals surface area contributed by atoms with E-state index in [1.54, 1.807) is 19.2 Å². The van der Waals surface area contributed by atoms with Crippen molar-refractivity contribution < 1.29 is 9.13 Å². The molecule has 0 bridgehead atoms. The summed E-state index contributed by atoms with van der Waals surface area (Å²) in [6.07, 6.45) is 2.30. The molecule has 4 heteroatoms. The quantitative estimate of drug-likeness (QED) is 0.900. The molecule has 0 radical (unpaired) electrons. The van der Waals surface area contributed by atoms with Gasteiger partial charge in [0.2, 0.25) is 0 Å². The molecule has 0 aliphatic carbocycles. The zero-order chi connectivity index (χ0) is 14.5. The Morgan fingerprint density at radius 3 is 3.00 bits per heavy atom. The summed E-state index contributed by atoms with van der Waals surface area (Å²) in [5.41, 5.74) is 7.74. The maximum atomic E-state index is 14.1. The molecule has 1 aliphatic rings. The van der Waals surface area contributed by atoms with Crippen LogP contribution in [0.2, 0.25) is 0 Å². The van der Waals surface area contributed by atoms with Crippen LogP contribution in [0.4, 0.5) is 4.39 Å². The van der Waals surface area contributed by atoms with Crippen molar-refractivity contribution in [2.75, 3.05) is 33.4 Å². The fourth-order valence-electron chi connectivity index (χ4n) is 3.14. The highest BCUT2D eigenvalue weighted by Gasteiger charge is 2.27. The van der Waals surface area contributed by atoms with Crippen LogP contribution in [0.25, 0.3) is 0 Å². The van der Waals surface area contributed by atoms with E-state index in [1.807, 2.05) is 13.0 Å². The van der Waals surface area contributed by atoms with Crippen LogP contribution in [0.1, 0.15) is 30.0 Å². The SMILES string of the molecule is COCC1CCCN(C(CN)c2cc(C)ccc2F)C1. The fraction of sp³-hybridized carbons (Fsp3) is 0.625. The molecule has 2 unspecified atom stereocenters. The van der Waals surface area contributed by atoms with E-state index in [9.17, 15) is 4.39 Å². The summed E-state index contributed by atoms with van der Waals surface area (Å²) in [5.74, 6) is 0.371. The molecule has 1 aromatic rings. The topological polar surface area (TPSA) is 38.5 Å². The lowest BCUT2D eigenvalue weighted by Crippen LogP contribution is -2.42. The molecule has 1 saturated heterocycles. The summed E-state index contributed by atoms with van der Waals surface area (Å²) in [6.45, 7) is 5.11. The summed E-state index contributed by atoms with van der Waals surface area (Å²) in [5, 5.41) is 0. The Morgan fingerprint density at radius 1 is 1.50 bits per heavy atom. The molecule has 2 atom stereocenters. The van der Waals surface area contributed by atoms with Gasteiger partial charge in [-0.05, 0) is 38.3 Å². The van der Waals surface area contributed by atoms with Crippen molar-refractivity contribution in [3.8, 4) is 0 Å². The zero-order valence-electron chi connectivity index (χ0n) is 12.4. The molecule has 2 N–H and O–H groups in total. The minimum absolute atomic E-state index is 0.0328. The number of hydrogen-bond donors (Lipinski definition) is 1. The van der Waals surface area contributed by atoms with E-state index in [4.69, 9.17) is 10.5 Å². The largest absolute Gasteiger partial charge is 0.384 e. The fourth-order valence-corrected chi connectivity index (χ4v) is 3.14. The Morgan fingerprint density at radius 2 is 2.30 bits per heavy atom. The van der Waals surface area contributed by atoms with Gasteiger partial charge < -0.3 is 10.5 Å². The molecule has 2 rings (SSSR count). The lowest BCUT2D eigenvalue weighted by molar-refractivity contribution is 0.0688. The smallest absolute Gasteiger partial charge is 0.128 e. The predicted octanol–water partition coefficient (Wildman–Crippen LogP) is 2.49. The maximum Gasteiger partial charge on any atom is 0.128 e. The van der Waals surface area contributed by atoms with E-state index in [0.717, 1.165) is 37.2 Å².